The van der Waals surface area contributed by atoms with E-state index >= 15 is 0 Å². The lowest BCUT2D eigenvalue weighted by Crippen LogP contribution is -2.30. The molecule has 0 saturated heterocycles. The number of carbonyl (C=O) groups is 2. The molecule has 1 aliphatic rings. The number of nitrogens with zero attached hydrogens (tertiary/aromatic N) is 3. The number of anilines is 1. The first kappa shape index (κ1) is 18.3. The Hall–Kier alpha value is -3.75. The number of ether oxygens (including phenoxy) is 1. The number of nitrogens with one attached hydrogen (secondary N) is 3. The molecule has 9 heteroatoms. The summed E-state index contributed by atoms with van der Waals surface area (Å²) in [5, 5.41) is 3.71. The summed E-state index contributed by atoms with van der Waals surface area (Å²) in [6.45, 7) is 1.52. The molecular formula is C21H20N6O3. The predicted octanol–water partition coefficient (Wildman–Crippen LogP) is 2.90. The molecule has 0 fully saturated rings. The molecule has 1 unspecified atom stereocenters. The highest BCUT2D eigenvalue weighted by Crippen LogP contribution is 2.30. The van der Waals surface area contributed by atoms with Crippen LogP contribution in [0.1, 0.15) is 41.4 Å². The summed E-state index contributed by atoms with van der Waals surface area (Å²) < 4.78 is 5.40. The fraction of sp³-hybridized carbons (Fsp3) is 0.286. The van der Waals surface area contributed by atoms with Crippen molar-refractivity contribution in [3.05, 3.63) is 47.7 Å². The summed E-state index contributed by atoms with van der Waals surface area (Å²) >= 11 is 0. The molecule has 3 aromatic heterocycles. The maximum Gasteiger partial charge on any atom is 0.338 e. The van der Waals surface area contributed by atoms with Crippen LogP contribution in [0.2, 0.25) is 0 Å². The van der Waals surface area contributed by atoms with Gasteiger partial charge in [0, 0.05) is 16.6 Å². The van der Waals surface area contributed by atoms with Gasteiger partial charge in [0.05, 0.1) is 11.9 Å². The van der Waals surface area contributed by atoms with Crippen molar-refractivity contribution < 1.29 is 14.3 Å². The number of aromatic nitrogens is 5. The zero-order chi connectivity index (χ0) is 20.7. The van der Waals surface area contributed by atoms with Crippen molar-refractivity contribution >= 4 is 39.8 Å². The third-order valence-corrected chi connectivity index (χ3v) is 5.45. The summed E-state index contributed by atoms with van der Waals surface area (Å²) in [4.78, 5) is 43.6. The van der Waals surface area contributed by atoms with Gasteiger partial charge in [-0.15, -0.1) is 0 Å². The van der Waals surface area contributed by atoms with E-state index < -0.39 is 18.0 Å². The van der Waals surface area contributed by atoms with Crippen LogP contribution < -0.4 is 5.32 Å². The van der Waals surface area contributed by atoms with Crippen molar-refractivity contribution in [2.24, 2.45) is 0 Å². The lowest BCUT2D eigenvalue weighted by atomic mass is 9.95. The number of aryl methyl sites for hydroxylation is 2. The van der Waals surface area contributed by atoms with E-state index in [0.717, 1.165) is 30.2 Å². The van der Waals surface area contributed by atoms with Crippen LogP contribution in [0, 0.1) is 0 Å². The van der Waals surface area contributed by atoms with Gasteiger partial charge in [-0.2, -0.15) is 0 Å². The molecule has 3 N–H and O–H groups in total. The fourth-order valence-electron chi connectivity index (χ4n) is 3.89. The lowest BCUT2D eigenvalue weighted by Gasteiger charge is -2.13. The molecule has 0 saturated carbocycles. The smallest absolute Gasteiger partial charge is 0.338 e. The number of rotatable bonds is 4. The Morgan fingerprint density at radius 2 is 2.03 bits per heavy atom. The molecule has 1 aliphatic carbocycles. The van der Waals surface area contributed by atoms with Crippen LogP contribution in [-0.4, -0.2) is 42.9 Å². The number of benzene rings is 1. The van der Waals surface area contributed by atoms with Gasteiger partial charge in [-0.1, -0.05) is 0 Å². The number of fused-ring (bicyclic) bond motifs is 4. The molecule has 9 nitrogen and oxygen atoms in total. The minimum Gasteiger partial charge on any atom is -0.449 e. The minimum atomic E-state index is -0.999. The van der Waals surface area contributed by atoms with Crippen LogP contribution in [0.4, 0.5) is 5.82 Å². The van der Waals surface area contributed by atoms with Crippen LogP contribution in [-0.2, 0) is 22.4 Å². The van der Waals surface area contributed by atoms with E-state index in [1.54, 1.807) is 6.07 Å². The van der Waals surface area contributed by atoms with Crippen molar-refractivity contribution in [3.63, 3.8) is 0 Å². The van der Waals surface area contributed by atoms with Crippen molar-refractivity contribution in [2.45, 2.75) is 38.7 Å². The molecule has 1 atom stereocenters. The first-order chi connectivity index (χ1) is 14.6. The molecular weight excluding hydrogens is 384 g/mol. The van der Waals surface area contributed by atoms with Gasteiger partial charge in [-0.3, -0.25) is 4.79 Å². The predicted molar refractivity (Wildman–Crippen MR) is 110 cm³/mol. The average Bonchev–Trinajstić information content (AvgIpc) is 3.38. The Balaban J connectivity index is 1.32. The van der Waals surface area contributed by atoms with Crippen molar-refractivity contribution in [2.75, 3.05) is 5.32 Å². The molecule has 0 spiro atoms. The minimum absolute atomic E-state index is 0.283. The molecule has 1 amide bonds. The third-order valence-electron chi connectivity index (χ3n) is 5.45. The first-order valence-electron chi connectivity index (χ1n) is 9.89. The average molecular weight is 404 g/mol. The van der Waals surface area contributed by atoms with Gasteiger partial charge in [-0.25, -0.2) is 19.7 Å². The second kappa shape index (κ2) is 7.25. The number of H-pyrrole nitrogens is 2. The Bertz CT molecular complexity index is 1270. The number of hydrogen-bond donors (Lipinski definition) is 3. The zero-order valence-corrected chi connectivity index (χ0v) is 16.4. The first-order valence-corrected chi connectivity index (χ1v) is 9.89. The number of carbonyl (C=O) groups excluding carboxylic acids is 2. The Morgan fingerprint density at radius 1 is 1.17 bits per heavy atom. The molecule has 152 valence electrons. The van der Waals surface area contributed by atoms with Gasteiger partial charge in [0.25, 0.3) is 5.91 Å². The van der Waals surface area contributed by atoms with E-state index in [9.17, 15) is 9.59 Å². The normalized spacial score (nSPS) is 14.4. The van der Waals surface area contributed by atoms with Crippen molar-refractivity contribution in [3.8, 4) is 0 Å². The van der Waals surface area contributed by atoms with E-state index in [4.69, 9.17) is 4.74 Å². The van der Waals surface area contributed by atoms with Crippen molar-refractivity contribution in [1.82, 2.24) is 24.9 Å². The maximum absolute atomic E-state index is 12.7. The topological polar surface area (TPSA) is 126 Å². The zero-order valence-electron chi connectivity index (χ0n) is 16.4. The number of aromatic amines is 2. The summed E-state index contributed by atoms with van der Waals surface area (Å²) in [7, 11) is 0. The van der Waals surface area contributed by atoms with Crippen LogP contribution in [0.5, 0.6) is 0 Å². The van der Waals surface area contributed by atoms with E-state index in [1.165, 1.54) is 37.3 Å². The monoisotopic (exact) mass is 404 g/mol. The molecule has 0 radical (unpaired) electrons. The molecule has 5 rings (SSSR count). The van der Waals surface area contributed by atoms with Gasteiger partial charge in [0.2, 0.25) is 0 Å². The highest BCUT2D eigenvalue weighted by Gasteiger charge is 2.22. The van der Waals surface area contributed by atoms with Crippen LogP contribution >= 0.6 is 0 Å². The molecule has 1 aromatic carbocycles. The van der Waals surface area contributed by atoms with E-state index in [1.807, 2.05) is 12.1 Å². The highest BCUT2D eigenvalue weighted by atomic mass is 16.5. The summed E-state index contributed by atoms with van der Waals surface area (Å²) in [5.74, 6) is -0.747. The van der Waals surface area contributed by atoms with Gasteiger partial charge in [-0.05, 0) is 56.4 Å². The summed E-state index contributed by atoms with van der Waals surface area (Å²) in [5.41, 5.74) is 4.93. The van der Waals surface area contributed by atoms with Crippen LogP contribution in [0.25, 0.3) is 22.1 Å². The summed E-state index contributed by atoms with van der Waals surface area (Å²) in [6, 6.07) is 5.46. The molecule has 0 aliphatic heterocycles. The Labute approximate surface area is 171 Å². The van der Waals surface area contributed by atoms with E-state index in [-0.39, 0.29) is 5.82 Å². The van der Waals surface area contributed by atoms with E-state index in [2.05, 4.69) is 30.2 Å². The number of hydrogen-bond acceptors (Lipinski definition) is 6. The van der Waals surface area contributed by atoms with Crippen LogP contribution in [0.3, 0.4) is 0 Å². The number of imidazole rings is 1. The van der Waals surface area contributed by atoms with E-state index in [0.29, 0.717) is 16.7 Å². The third kappa shape index (κ3) is 3.18. The Morgan fingerprint density at radius 3 is 2.93 bits per heavy atom. The van der Waals surface area contributed by atoms with Gasteiger partial charge >= 0.3 is 5.97 Å². The molecule has 4 aromatic rings. The standard InChI is InChI=1S/C21H20N6O3/c1-11(20(28)27-19-17-18(23-9-22-17)24-10-25-19)30-21(29)12-6-7-16-14(8-12)13-4-2-3-5-15(13)26-16/h6-11,26H,2-5H2,1H3,(H2,22,23,24,25,27,28). The second-order valence-electron chi connectivity index (χ2n) is 7.41. The SMILES string of the molecule is CC(OC(=O)c1ccc2[nH]c3c(c2c1)CCCC3)C(=O)Nc1ncnc2nc[nH]c12. The number of amides is 1. The second-order valence-corrected chi connectivity index (χ2v) is 7.41. The largest absolute Gasteiger partial charge is 0.449 e. The van der Waals surface area contributed by atoms with Gasteiger partial charge < -0.3 is 20.0 Å². The van der Waals surface area contributed by atoms with Crippen LogP contribution in [0.15, 0.2) is 30.9 Å². The molecule has 3 heterocycles. The van der Waals surface area contributed by atoms with Gasteiger partial charge in [0.1, 0.15) is 11.8 Å². The lowest BCUT2D eigenvalue weighted by molar-refractivity contribution is -0.123. The summed E-state index contributed by atoms with van der Waals surface area (Å²) in [6.07, 6.45) is 6.15. The molecule has 30 heavy (non-hydrogen) atoms. The maximum atomic E-state index is 12.7. The highest BCUT2D eigenvalue weighted by molar-refractivity contribution is 6.01. The number of esters is 1. The molecule has 0 bridgehead atoms. The van der Waals surface area contributed by atoms with Gasteiger partial charge in [0.15, 0.2) is 17.6 Å². The Kier molecular flexibility index (Phi) is 4.42. The fourth-order valence-corrected chi connectivity index (χ4v) is 3.89. The quantitative estimate of drug-likeness (QED) is 0.449. The van der Waals surface area contributed by atoms with Crippen molar-refractivity contribution in [1.29, 1.82) is 0 Å².